The van der Waals surface area contributed by atoms with Gasteiger partial charge in [-0.25, -0.2) is 0 Å². The number of hydrogen-bond donors (Lipinski definition) is 1. The van der Waals surface area contributed by atoms with Crippen molar-refractivity contribution < 1.29 is 19.1 Å². The number of amides is 2. The van der Waals surface area contributed by atoms with Crippen LogP contribution in [0.3, 0.4) is 0 Å². The van der Waals surface area contributed by atoms with Gasteiger partial charge in [0, 0.05) is 24.6 Å². The molecule has 1 aromatic rings. The van der Waals surface area contributed by atoms with Crippen LogP contribution in [0.15, 0.2) is 24.3 Å². The first-order chi connectivity index (χ1) is 14.2. The second-order valence-electron chi connectivity index (χ2n) is 9.82. The van der Waals surface area contributed by atoms with E-state index < -0.39 is 6.04 Å². The van der Waals surface area contributed by atoms with Crippen LogP contribution in [0.2, 0.25) is 0 Å². The molecule has 30 heavy (non-hydrogen) atoms. The van der Waals surface area contributed by atoms with Gasteiger partial charge in [-0.15, -0.1) is 0 Å². The third-order valence-corrected chi connectivity index (χ3v) is 6.03. The Morgan fingerprint density at radius 1 is 1.10 bits per heavy atom. The van der Waals surface area contributed by atoms with E-state index in [4.69, 9.17) is 9.47 Å². The topological polar surface area (TPSA) is 67.9 Å². The van der Waals surface area contributed by atoms with E-state index in [9.17, 15) is 9.59 Å². The summed E-state index contributed by atoms with van der Waals surface area (Å²) in [6.45, 7) is 12.9. The van der Waals surface area contributed by atoms with Crippen molar-refractivity contribution in [2.24, 2.45) is 11.8 Å². The summed E-state index contributed by atoms with van der Waals surface area (Å²) in [5.41, 5.74) is 1.78. The zero-order valence-corrected chi connectivity index (χ0v) is 18.9. The third-order valence-electron chi connectivity index (χ3n) is 6.03. The first-order valence-corrected chi connectivity index (χ1v) is 11.1. The Kier molecular flexibility index (Phi) is 7.19. The average molecular weight is 417 g/mol. The number of carbonyl (C=O) groups is 2. The maximum atomic E-state index is 13.3. The lowest BCUT2D eigenvalue weighted by Crippen LogP contribution is -2.54. The lowest BCUT2D eigenvalue weighted by molar-refractivity contribution is -0.142. The molecule has 2 heterocycles. The summed E-state index contributed by atoms with van der Waals surface area (Å²) in [7, 11) is 0. The minimum atomic E-state index is -0.552. The van der Waals surface area contributed by atoms with Gasteiger partial charge in [0.05, 0.1) is 13.2 Å². The second-order valence-corrected chi connectivity index (χ2v) is 9.82. The molecule has 2 saturated heterocycles. The summed E-state index contributed by atoms with van der Waals surface area (Å²) in [4.78, 5) is 28.0. The van der Waals surface area contributed by atoms with E-state index in [1.54, 1.807) is 0 Å². The minimum absolute atomic E-state index is 0.00495. The van der Waals surface area contributed by atoms with E-state index in [2.05, 4.69) is 26.1 Å². The van der Waals surface area contributed by atoms with Gasteiger partial charge < -0.3 is 19.7 Å². The fourth-order valence-corrected chi connectivity index (χ4v) is 4.14. The van der Waals surface area contributed by atoms with Gasteiger partial charge in [-0.1, -0.05) is 46.8 Å². The number of nitrogens with zero attached hydrogens (tertiary/aromatic N) is 1. The molecule has 0 saturated carbocycles. The van der Waals surface area contributed by atoms with Crippen molar-refractivity contribution in [2.75, 3.05) is 26.3 Å². The summed E-state index contributed by atoms with van der Waals surface area (Å²) in [6.07, 6.45) is 1.70. The van der Waals surface area contributed by atoms with Gasteiger partial charge in [0.2, 0.25) is 5.91 Å². The van der Waals surface area contributed by atoms with Crippen molar-refractivity contribution in [3.05, 3.63) is 35.4 Å². The number of benzene rings is 1. The first kappa shape index (κ1) is 22.8. The maximum Gasteiger partial charge on any atom is 0.251 e. The smallest absolute Gasteiger partial charge is 0.251 e. The molecule has 6 heteroatoms. The molecule has 0 aromatic heterocycles. The Morgan fingerprint density at radius 3 is 2.30 bits per heavy atom. The summed E-state index contributed by atoms with van der Waals surface area (Å²) in [5.74, 6) is -0.0424. The van der Waals surface area contributed by atoms with E-state index in [-0.39, 0.29) is 35.4 Å². The van der Waals surface area contributed by atoms with Crippen molar-refractivity contribution in [1.29, 1.82) is 0 Å². The summed E-state index contributed by atoms with van der Waals surface area (Å²) < 4.78 is 11.3. The van der Waals surface area contributed by atoms with Crippen LogP contribution >= 0.6 is 0 Å². The van der Waals surface area contributed by atoms with Crippen LogP contribution in [0.5, 0.6) is 0 Å². The number of piperidine rings is 1. The maximum absolute atomic E-state index is 13.3. The molecule has 6 nitrogen and oxygen atoms in total. The third kappa shape index (κ3) is 5.41. The molecule has 2 aliphatic heterocycles. The molecule has 2 atom stereocenters. The van der Waals surface area contributed by atoms with E-state index in [1.165, 1.54) is 5.56 Å². The number of ether oxygens (including phenoxy) is 2. The van der Waals surface area contributed by atoms with Crippen LogP contribution in [0, 0.1) is 11.8 Å². The zero-order valence-electron chi connectivity index (χ0n) is 18.9. The Hall–Kier alpha value is -1.92. The molecule has 3 rings (SSSR count). The van der Waals surface area contributed by atoms with Gasteiger partial charge in [-0.05, 0) is 41.9 Å². The van der Waals surface area contributed by atoms with Crippen molar-refractivity contribution in [1.82, 2.24) is 10.2 Å². The molecule has 1 aromatic carbocycles. The van der Waals surface area contributed by atoms with E-state index in [0.29, 0.717) is 31.9 Å². The molecular weight excluding hydrogens is 380 g/mol. The fraction of sp³-hybridized carbons (Fsp3) is 0.667. The Morgan fingerprint density at radius 2 is 1.73 bits per heavy atom. The highest BCUT2D eigenvalue weighted by atomic mass is 16.7. The van der Waals surface area contributed by atoms with Crippen LogP contribution in [-0.2, 0) is 19.7 Å². The van der Waals surface area contributed by atoms with Gasteiger partial charge in [0.15, 0.2) is 6.29 Å². The van der Waals surface area contributed by atoms with Crippen LogP contribution in [0.4, 0.5) is 0 Å². The number of rotatable bonds is 5. The second kappa shape index (κ2) is 9.48. The number of carbonyl (C=O) groups excluding carboxylic acids is 2. The fourth-order valence-electron chi connectivity index (χ4n) is 4.14. The van der Waals surface area contributed by atoms with Crippen LogP contribution < -0.4 is 5.32 Å². The molecule has 2 fully saturated rings. The van der Waals surface area contributed by atoms with E-state index >= 15 is 0 Å². The lowest BCUT2D eigenvalue weighted by Gasteiger charge is -2.37. The molecule has 0 radical (unpaired) electrons. The molecule has 0 bridgehead atoms. The Labute approximate surface area is 180 Å². The lowest BCUT2D eigenvalue weighted by atomic mass is 9.86. The highest BCUT2D eigenvalue weighted by Gasteiger charge is 2.36. The molecular formula is C24H36N2O4. The van der Waals surface area contributed by atoms with Crippen molar-refractivity contribution in [3.63, 3.8) is 0 Å². The SMILES string of the molecule is CC(C)C(NC(=O)c1ccc(C(C)(C)C)cc1)C(=O)N1CCCC(C2OCCO2)C1. The van der Waals surface area contributed by atoms with Crippen LogP contribution in [0.25, 0.3) is 0 Å². The molecule has 166 valence electrons. The number of hydrogen-bond acceptors (Lipinski definition) is 4. The van der Waals surface area contributed by atoms with E-state index in [0.717, 1.165) is 12.8 Å². The molecule has 2 amide bonds. The van der Waals surface area contributed by atoms with Crippen molar-refractivity contribution in [2.45, 2.75) is 65.2 Å². The van der Waals surface area contributed by atoms with Crippen LogP contribution in [0.1, 0.15) is 63.4 Å². The van der Waals surface area contributed by atoms with Gasteiger partial charge in [-0.2, -0.15) is 0 Å². The Bertz CT molecular complexity index is 733. The van der Waals surface area contributed by atoms with Gasteiger partial charge in [-0.3, -0.25) is 9.59 Å². The minimum Gasteiger partial charge on any atom is -0.350 e. The first-order valence-electron chi connectivity index (χ1n) is 11.1. The molecule has 0 spiro atoms. The monoisotopic (exact) mass is 416 g/mol. The molecule has 0 aliphatic carbocycles. The summed E-state index contributed by atoms with van der Waals surface area (Å²) >= 11 is 0. The zero-order chi connectivity index (χ0) is 21.9. The van der Waals surface area contributed by atoms with Crippen molar-refractivity contribution in [3.8, 4) is 0 Å². The van der Waals surface area contributed by atoms with Gasteiger partial charge >= 0.3 is 0 Å². The van der Waals surface area contributed by atoms with Crippen LogP contribution in [-0.4, -0.2) is 55.3 Å². The van der Waals surface area contributed by atoms with Crippen molar-refractivity contribution >= 4 is 11.8 Å². The average Bonchev–Trinajstić information content (AvgIpc) is 3.25. The molecule has 1 N–H and O–H groups in total. The number of nitrogens with one attached hydrogen (secondary N) is 1. The standard InChI is InChI=1S/C24H36N2O4/c1-16(2)20(25-21(27)17-8-10-19(11-9-17)24(3,4)5)22(28)26-12-6-7-18(15-26)23-29-13-14-30-23/h8-11,16,18,20,23H,6-7,12-15H2,1-5H3,(H,25,27). The molecule has 2 unspecified atom stereocenters. The Balaban J connectivity index is 1.66. The summed E-state index contributed by atoms with van der Waals surface area (Å²) in [5, 5.41) is 2.98. The van der Waals surface area contributed by atoms with E-state index in [1.807, 2.05) is 43.0 Å². The summed E-state index contributed by atoms with van der Waals surface area (Å²) in [6, 6.07) is 7.09. The number of likely N-dealkylation sites (tertiary alicyclic amines) is 1. The van der Waals surface area contributed by atoms with Gasteiger partial charge in [0.25, 0.3) is 5.91 Å². The van der Waals surface area contributed by atoms with Gasteiger partial charge in [0.1, 0.15) is 6.04 Å². The normalized spacial score (nSPS) is 21.7. The quantitative estimate of drug-likeness (QED) is 0.799. The highest BCUT2D eigenvalue weighted by molar-refractivity contribution is 5.97. The highest BCUT2D eigenvalue weighted by Crippen LogP contribution is 2.26. The predicted molar refractivity (Wildman–Crippen MR) is 116 cm³/mol. The largest absolute Gasteiger partial charge is 0.350 e. The molecule has 2 aliphatic rings. The predicted octanol–water partition coefficient (Wildman–Crippen LogP) is 3.35.